The molecular formula is C12H21NO3. The Hall–Kier alpha value is -0.930. The third-order valence-corrected chi connectivity index (χ3v) is 3.98. The highest BCUT2D eigenvalue weighted by molar-refractivity contribution is 5.78. The Morgan fingerprint density at radius 1 is 1.56 bits per heavy atom. The highest BCUT2D eigenvalue weighted by atomic mass is 16.6. The van der Waals surface area contributed by atoms with Crippen molar-refractivity contribution in [2.45, 2.75) is 58.4 Å². The van der Waals surface area contributed by atoms with Crippen LogP contribution in [0.2, 0.25) is 0 Å². The minimum absolute atomic E-state index is 0.106. The first-order valence-corrected chi connectivity index (χ1v) is 6.08. The van der Waals surface area contributed by atoms with E-state index in [0.717, 1.165) is 12.8 Å². The van der Waals surface area contributed by atoms with E-state index in [0.29, 0.717) is 25.2 Å². The van der Waals surface area contributed by atoms with Gasteiger partial charge in [-0.3, -0.25) is 14.9 Å². The van der Waals surface area contributed by atoms with E-state index in [1.54, 1.807) is 6.92 Å². The number of carbonyl (C=O) groups is 1. The standard InChI is InChI=1S/C12H21NO3/c1-4-6-12(13(15)16)7-5-9(2)11(8-12)10(3)14/h9,11H,4-8H2,1-3H3. The lowest BCUT2D eigenvalue weighted by molar-refractivity contribution is -0.578. The molecule has 0 aromatic heterocycles. The zero-order chi connectivity index (χ0) is 12.3. The molecule has 92 valence electrons. The molecule has 0 spiro atoms. The quantitative estimate of drug-likeness (QED) is 0.548. The summed E-state index contributed by atoms with van der Waals surface area (Å²) >= 11 is 0. The molecule has 4 heteroatoms. The molecule has 0 heterocycles. The van der Waals surface area contributed by atoms with Crippen LogP contribution in [0.1, 0.15) is 52.9 Å². The molecule has 1 saturated carbocycles. The summed E-state index contributed by atoms with van der Waals surface area (Å²) in [6.07, 6.45) is 3.25. The van der Waals surface area contributed by atoms with Crippen molar-refractivity contribution in [3.05, 3.63) is 10.1 Å². The fourth-order valence-electron chi connectivity index (χ4n) is 2.90. The summed E-state index contributed by atoms with van der Waals surface area (Å²) in [5, 5.41) is 11.2. The summed E-state index contributed by atoms with van der Waals surface area (Å²) in [6.45, 7) is 5.55. The number of hydrogen-bond donors (Lipinski definition) is 0. The Kier molecular flexibility index (Phi) is 4.05. The summed E-state index contributed by atoms with van der Waals surface area (Å²) in [7, 11) is 0. The smallest absolute Gasteiger partial charge is 0.223 e. The Bertz CT molecular complexity index is 290. The van der Waals surface area contributed by atoms with Crippen LogP contribution in [0, 0.1) is 22.0 Å². The van der Waals surface area contributed by atoms with Crippen molar-refractivity contribution in [1.82, 2.24) is 0 Å². The second kappa shape index (κ2) is 4.93. The molecule has 0 aromatic rings. The largest absolute Gasteiger partial charge is 0.300 e. The Labute approximate surface area is 96.6 Å². The second-order valence-corrected chi connectivity index (χ2v) is 5.17. The normalized spacial score (nSPS) is 34.7. The van der Waals surface area contributed by atoms with Gasteiger partial charge in [0.1, 0.15) is 5.78 Å². The zero-order valence-corrected chi connectivity index (χ0v) is 10.4. The van der Waals surface area contributed by atoms with E-state index in [1.807, 2.05) is 13.8 Å². The maximum atomic E-state index is 11.5. The maximum Gasteiger partial charge on any atom is 0.223 e. The summed E-state index contributed by atoms with van der Waals surface area (Å²) < 4.78 is 0. The van der Waals surface area contributed by atoms with Gasteiger partial charge in [-0.05, 0) is 25.7 Å². The van der Waals surface area contributed by atoms with E-state index in [-0.39, 0.29) is 16.6 Å². The maximum absolute atomic E-state index is 11.5. The van der Waals surface area contributed by atoms with Crippen LogP contribution in [0.5, 0.6) is 0 Å². The molecule has 3 atom stereocenters. The number of carbonyl (C=O) groups excluding carboxylic acids is 1. The number of ketones is 1. The lowest BCUT2D eigenvalue weighted by Crippen LogP contribution is -2.46. The van der Waals surface area contributed by atoms with Crippen LogP contribution in [-0.2, 0) is 4.79 Å². The van der Waals surface area contributed by atoms with Gasteiger partial charge < -0.3 is 0 Å². The van der Waals surface area contributed by atoms with Gasteiger partial charge in [0.15, 0.2) is 0 Å². The van der Waals surface area contributed by atoms with Gasteiger partial charge in [-0.25, -0.2) is 0 Å². The van der Waals surface area contributed by atoms with E-state index in [1.165, 1.54) is 0 Å². The van der Waals surface area contributed by atoms with Gasteiger partial charge in [-0.15, -0.1) is 0 Å². The molecule has 0 amide bonds. The molecule has 0 N–H and O–H groups in total. The fourth-order valence-corrected chi connectivity index (χ4v) is 2.90. The molecule has 1 aliphatic rings. The van der Waals surface area contributed by atoms with E-state index < -0.39 is 5.54 Å². The molecule has 0 aromatic carbocycles. The number of nitrogens with zero attached hydrogens (tertiary/aromatic N) is 1. The lowest BCUT2D eigenvalue weighted by atomic mass is 9.68. The monoisotopic (exact) mass is 227 g/mol. The van der Waals surface area contributed by atoms with Crippen LogP contribution in [0.15, 0.2) is 0 Å². The van der Waals surface area contributed by atoms with Gasteiger partial charge in [-0.1, -0.05) is 13.8 Å². The molecule has 0 bridgehead atoms. The van der Waals surface area contributed by atoms with E-state index in [4.69, 9.17) is 0 Å². The Morgan fingerprint density at radius 3 is 2.62 bits per heavy atom. The highest BCUT2D eigenvalue weighted by Crippen LogP contribution is 2.41. The van der Waals surface area contributed by atoms with Gasteiger partial charge in [0.25, 0.3) is 0 Å². The van der Waals surface area contributed by atoms with Crippen LogP contribution in [0.4, 0.5) is 0 Å². The first kappa shape index (κ1) is 13.1. The minimum atomic E-state index is -0.836. The van der Waals surface area contributed by atoms with Crippen molar-refractivity contribution in [1.29, 1.82) is 0 Å². The average Bonchev–Trinajstić information content (AvgIpc) is 2.20. The number of rotatable bonds is 4. The van der Waals surface area contributed by atoms with Crippen molar-refractivity contribution < 1.29 is 9.72 Å². The Balaban J connectivity index is 2.88. The topological polar surface area (TPSA) is 60.2 Å². The van der Waals surface area contributed by atoms with Crippen LogP contribution in [0.3, 0.4) is 0 Å². The summed E-state index contributed by atoms with van der Waals surface area (Å²) in [5.41, 5.74) is -0.836. The molecule has 3 unspecified atom stereocenters. The lowest BCUT2D eigenvalue weighted by Gasteiger charge is -2.36. The van der Waals surface area contributed by atoms with Crippen molar-refractivity contribution in [2.24, 2.45) is 11.8 Å². The number of Topliss-reactive ketones (excluding diaryl/α,β-unsaturated/α-hetero) is 1. The van der Waals surface area contributed by atoms with Crippen LogP contribution in [-0.4, -0.2) is 16.2 Å². The first-order chi connectivity index (χ1) is 7.43. The minimum Gasteiger partial charge on any atom is -0.300 e. The summed E-state index contributed by atoms with van der Waals surface area (Å²) in [4.78, 5) is 22.6. The van der Waals surface area contributed by atoms with Gasteiger partial charge >= 0.3 is 0 Å². The van der Waals surface area contributed by atoms with Crippen molar-refractivity contribution in [2.75, 3.05) is 0 Å². The highest BCUT2D eigenvalue weighted by Gasteiger charge is 2.49. The van der Waals surface area contributed by atoms with Gasteiger partial charge in [0.2, 0.25) is 5.54 Å². The molecule has 4 nitrogen and oxygen atoms in total. The predicted molar refractivity (Wildman–Crippen MR) is 61.8 cm³/mol. The Morgan fingerprint density at radius 2 is 2.19 bits per heavy atom. The van der Waals surface area contributed by atoms with Crippen molar-refractivity contribution >= 4 is 5.78 Å². The molecule has 0 radical (unpaired) electrons. The summed E-state index contributed by atoms with van der Waals surface area (Å²) in [6, 6.07) is 0. The molecule has 1 rings (SSSR count). The summed E-state index contributed by atoms with van der Waals surface area (Å²) in [5.74, 6) is 0.280. The van der Waals surface area contributed by atoms with E-state index in [2.05, 4.69) is 0 Å². The van der Waals surface area contributed by atoms with Crippen molar-refractivity contribution in [3.8, 4) is 0 Å². The van der Waals surface area contributed by atoms with Gasteiger partial charge in [0, 0.05) is 30.1 Å². The van der Waals surface area contributed by atoms with E-state index >= 15 is 0 Å². The number of hydrogen-bond acceptors (Lipinski definition) is 3. The first-order valence-electron chi connectivity index (χ1n) is 6.08. The van der Waals surface area contributed by atoms with E-state index in [9.17, 15) is 14.9 Å². The van der Waals surface area contributed by atoms with Gasteiger partial charge in [0.05, 0.1) is 0 Å². The fraction of sp³-hybridized carbons (Fsp3) is 0.917. The third kappa shape index (κ3) is 2.42. The van der Waals surface area contributed by atoms with Crippen LogP contribution >= 0.6 is 0 Å². The van der Waals surface area contributed by atoms with Crippen LogP contribution < -0.4 is 0 Å². The average molecular weight is 227 g/mol. The predicted octanol–water partition coefficient (Wildman–Crippen LogP) is 2.83. The molecule has 1 aliphatic carbocycles. The molecular weight excluding hydrogens is 206 g/mol. The molecule has 1 fully saturated rings. The SMILES string of the molecule is CCCC1([N+](=O)[O-])CCC(C)C(C(C)=O)C1. The molecule has 0 aliphatic heterocycles. The zero-order valence-electron chi connectivity index (χ0n) is 10.4. The second-order valence-electron chi connectivity index (χ2n) is 5.17. The third-order valence-electron chi connectivity index (χ3n) is 3.98. The van der Waals surface area contributed by atoms with Crippen LogP contribution in [0.25, 0.3) is 0 Å². The van der Waals surface area contributed by atoms with Gasteiger partial charge in [-0.2, -0.15) is 0 Å². The van der Waals surface area contributed by atoms with Crippen molar-refractivity contribution in [3.63, 3.8) is 0 Å². The molecule has 16 heavy (non-hydrogen) atoms. The number of nitro groups is 1. The molecule has 0 saturated heterocycles.